The van der Waals surface area contributed by atoms with Gasteiger partial charge in [-0.05, 0) is 43.3 Å². The van der Waals surface area contributed by atoms with Crippen LogP contribution in [0, 0.1) is 0 Å². The third kappa shape index (κ3) is 5.49. The van der Waals surface area contributed by atoms with Gasteiger partial charge in [0, 0.05) is 19.5 Å². The summed E-state index contributed by atoms with van der Waals surface area (Å²) in [5, 5.41) is 3.02. The Hall–Kier alpha value is -2.53. The number of para-hydroxylation sites is 1. The molecule has 0 fully saturated rings. The standard InChI is InChI=1S/C21H28N2O3/c1-23(2)15-18-9-6-5-8-17(18)14-22-20(24)13-12-16-10-7-11-19(25-3)21(16)26-4/h5-11H,12-15H2,1-4H3,(H,22,24). The van der Waals surface area contributed by atoms with Crippen molar-refractivity contribution in [3.8, 4) is 11.5 Å². The molecule has 0 aromatic heterocycles. The third-order valence-corrected chi connectivity index (χ3v) is 4.19. The first kappa shape index (κ1) is 19.8. The van der Waals surface area contributed by atoms with Crippen LogP contribution in [0.3, 0.4) is 0 Å². The van der Waals surface area contributed by atoms with Gasteiger partial charge in [-0.15, -0.1) is 0 Å². The molecular formula is C21H28N2O3. The van der Waals surface area contributed by atoms with Gasteiger partial charge in [0.1, 0.15) is 0 Å². The molecule has 0 radical (unpaired) electrons. The minimum absolute atomic E-state index is 0.0227. The molecule has 140 valence electrons. The normalized spacial score (nSPS) is 10.7. The Morgan fingerprint density at radius 1 is 0.962 bits per heavy atom. The van der Waals surface area contributed by atoms with E-state index in [0.29, 0.717) is 30.9 Å². The molecule has 2 aromatic rings. The molecule has 0 aliphatic heterocycles. The zero-order valence-corrected chi connectivity index (χ0v) is 16.0. The molecule has 1 amide bonds. The molecule has 2 rings (SSSR count). The molecule has 5 nitrogen and oxygen atoms in total. The summed E-state index contributed by atoms with van der Waals surface area (Å²) in [6.07, 6.45) is 1.00. The Kier molecular flexibility index (Phi) is 7.48. The number of aryl methyl sites for hydroxylation is 1. The van der Waals surface area contributed by atoms with Crippen LogP contribution in [0.25, 0.3) is 0 Å². The van der Waals surface area contributed by atoms with Crippen LogP contribution in [0.1, 0.15) is 23.1 Å². The lowest BCUT2D eigenvalue weighted by atomic mass is 10.1. The highest BCUT2D eigenvalue weighted by molar-refractivity contribution is 5.76. The van der Waals surface area contributed by atoms with Gasteiger partial charge < -0.3 is 19.7 Å². The van der Waals surface area contributed by atoms with Crippen molar-refractivity contribution in [1.29, 1.82) is 0 Å². The van der Waals surface area contributed by atoms with E-state index in [0.717, 1.165) is 17.7 Å². The van der Waals surface area contributed by atoms with E-state index in [9.17, 15) is 4.79 Å². The van der Waals surface area contributed by atoms with Gasteiger partial charge in [-0.2, -0.15) is 0 Å². The molecular weight excluding hydrogens is 328 g/mol. The SMILES string of the molecule is COc1cccc(CCC(=O)NCc2ccccc2CN(C)C)c1OC. The number of hydrogen-bond donors (Lipinski definition) is 1. The van der Waals surface area contributed by atoms with Gasteiger partial charge in [0.2, 0.25) is 5.91 Å². The quantitative estimate of drug-likeness (QED) is 0.750. The smallest absolute Gasteiger partial charge is 0.220 e. The predicted octanol–water partition coefficient (Wildman–Crippen LogP) is 3.01. The van der Waals surface area contributed by atoms with Crippen molar-refractivity contribution in [1.82, 2.24) is 10.2 Å². The number of carbonyl (C=O) groups excluding carboxylic acids is 1. The van der Waals surface area contributed by atoms with Crippen LogP contribution in [0.15, 0.2) is 42.5 Å². The minimum Gasteiger partial charge on any atom is -0.493 e. The minimum atomic E-state index is 0.0227. The Bertz CT molecular complexity index is 729. The fourth-order valence-corrected chi connectivity index (χ4v) is 2.91. The van der Waals surface area contributed by atoms with Crippen LogP contribution in [-0.4, -0.2) is 39.1 Å². The summed E-state index contributed by atoms with van der Waals surface area (Å²) in [5.41, 5.74) is 3.34. The summed E-state index contributed by atoms with van der Waals surface area (Å²) in [4.78, 5) is 14.4. The van der Waals surface area contributed by atoms with Crippen LogP contribution < -0.4 is 14.8 Å². The average molecular weight is 356 g/mol. The first-order valence-electron chi connectivity index (χ1n) is 8.73. The Balaban J connectivity index is 1.93. The lowest BCUT2D eigenvalue weighted by Crippen LogP contribution is -2.24. The number of hydrogen-bond acceptors (Lipinski definition) is 4. The maximum Gasteiger partial charge on any atom is 0.220 e. The Labute approximate surface area is 155 Å². The number of amides is 1. The lowest BCUT2D eigenvalue weighted by molar-refractivity contribution is -0.121. The molecule has 0 bridgehead atoms. The van der Waals surface area contributed by atoms with E-state index < -0.39 is 0 Å². The topological polar surface area (TPSA) is 50.8 Å². The summed E-state index contributed by atoms with van der Waals surface area (Å²) in [6, 6.07) is 13.9. The number of benzene rings is 2. The van der Waals surface area contributed by atoms with Crippen LogP contribution in [0.5, 0.6) is 11.5 Å². The molecule has 5 heteroatoms. The van der Waals surface area contributed by atoms with Crippen molar-refractivity contribution in [2.75, 3.05) is 28.3 Å². The number of rotatable bonds is 9. The highest BCUT2D eigenvalue weighted by Gasteiger charge is 2.11. The highest BCUT2D eigenvalue weighted by Crippen LogP contribution is 2.31. The first-order chi connectivity index (χ1) is 12.5. The van der Waals surface area contributed by atoms with Crippen molar-refractivity contribution in [3.05, 3.63) is 59.2 Å². The molecule has 26 heavy (non-hydrogen) atoms. The van der Waals surface area contributed by atoms with E-state index >= 15 is 0 Å². The summed E-state index contributed by atoms with van der Waals surface area (Å²) >= 11 is 0. The Morgan fingerprint density at radius 3 is 2.31 bits per heavy atom. The highest BCUT2D eigenvalue weighted by atomic mass is 16.5. The zero-order chi connectivity index (χ0) is 18.9. The van der Waals surface area contributed by atoms with Crippen molar-refractivity contribution in [2.24, 2.45) is 0 Å². The van der Waals surface area contributed by atoms with Crippen LogP contribution >= 0.6 is 0 Å². The average Bonchev–Trinajstić information content (AvgIpc) is 2.64. The first-order valence-corrected chi connectivity index (χ1v) is 8.73. The summed E-state index contributed by atoms with van der Waals surface area (Å²) < 4.78 is 10.7. The molecule has 0 aliphatic carbocycles. The molecule has 0 unspecified atom stereocenters. The maximum absolute atomic E-state index is 12.3. The van der Waals surface area contributed by atoms with Crippen molar-refractivity contribution < 1.29 is 14.3 Å². The molecule has 1 N–H and O–H groups in total. The summed E-state index contributed by atoms with van der Waals surface area (Å²) in [6.45, 7) is 1.39. The fraction of sp³-hybridized carbons (Fsp3) is 0.381. The predicted molar refractivity (Wildman–Crippen MR) is 104 cm³/mol. The van der Waals surface area contributed by atoms with Gasteiger partial charge in [-0.25, -0.2) is 0 Å². The number of nitrogens with zero attached hydrogens (tertiary/aromatic N) is 1. The van der Waals surface area contributed by atoms with Crippen LogP contribution in [-0.2, 0) is 24.3 Å². The molecule has 0 spiro atoms. The van der Waals surface area contributed by atoms with E-state index in [2.05, 4.69) is 22.3 Å². The summed E-state index contributed by atoms with van der Waals surface area (Å²) in [7, 11) is 7.30. The van der Waals surface area contributed by atoms with E-state index in [1.807, 2.05) is 44.4 Å². The number of ether oxygens (including phenoxy) is 2. The number of methoxy groups -OCH3 is 2. The van der Waals surface area contributed by atoms with Gasteiger partial charge in [-0.3, -0.25) is 4.79 Å². The third-order valence-electron chi connectivity index (χ3n) is 4.19. The molecule has 0 heterocycles. The summed E-state index contributed by atoms with van der Waals surface area (Å²) in [5.74, 6) is 1.40. The molecule has 0 saturated carbocycles. The van der Waals surface area contributed by atoms with Crippen LogP contribution in [0.4, 0.5) is 0 Å². The molecule has 2 aromatic carbocycles. The largest absolute Gasteiger partial charge is 0.493 e. The van der Waals surface area contributed by atoms with Crippen LogP contribution in [0.2, 0.25) is 0 Å². The van der Waals surface area contributed by atoms with Gasteiger partial charge in [0.15, 0.2) is 11.5 Å². The van der Waals surface area contributed by atoms with Gasteiger partial charge >= 0.3 is 0 Å². The maximum atomic E-state index is 12.3. The molecule has 0 atom stereocenters. The van der Waals surface area contributed by atoms with E-state index in [1.54, 1.807) is 14.2 Å². The van der Waals surface area contributed by atoms with Crippen molar-refractivity contribution >= 4 is 5.91 Å². The lowest BCUT2D eigenvalue weighted by Gasteiger charge is -2.15. The molecule has 0 saturated heterocycles. The van der Waals surface area contributed by atoms with Gasteiger partial charge in [-0.1, -0.05) is 36.4 Å². The monoisotopic (exact) mass is 356 g/mol. The number of carbonyl (C=O) groups is 1. The molecule has 0 aliphatic rings. The zero-order valence-electron chi connectivity index (χ0n) is 16.0. The van der Waals surface area contributed by atoms with E-state index in [-0.39, 0.29) is 5.91 Å². The van der Waals surface area contributed by atoms with Crippen molar-refractivity contribution in [2.45, 2.75) is 25.9 Å². The van der Waals surface area contributed by atoms with Crippen molar-refractivity contribution in [3.63, 3.8) is 0 Å². The second-order valence-electron chi connectivity index (χ2n) is 6.44. The fourth-order valence-electron chi connectivity index (χ4n) is 2.91. The number of nitrogens with one attached hydrogen (secondary N) is 1. The van der Waals surface area contributed by atoms with E-state index in [1.165, 1.54) is 5.56 Å². The van der Waals surface area contributed by atoms with Gasteiger partial charge in [0.05, 0.1) is 14.2 Å². The second kappa shape index (κ2) is 9.82. The second-order valence-corrected chi connectivity index (χ2v) is 6.44. The Morgan fingerprint density at radius 2 is 1.65 bits per heavy atom. The van der Waals surface area contributed by atoms with Gasteiger partial charge in [0.25, 0.3) is 0 Å². The van der Waals surface area contributed by atoms with E-state index in [4.69, 9.17) is 9.47 Å².